The van der Waals surface area contributed by atoms with Gasteiger partial charge in [-0.3, -0.25) is 19.8 Å². The summed E-state index contributed by atoms with van der Waals surface area (Å²) in [5.74, 6) is -3.04. The van der Waals surface area contributed by atoms with Gasteiger partial charge in [0.2, 0.25) is 10.0 Å². The number of sulfonamides is 1. The monoisotopic (exact) mass is 653 g/mol. The maximum Gasteiger partial charge on any atom is 0.273 e. The number of H-pyrrole nitrogens is 2. The number of anilines is 3. The third-order valence-electron chi connectivity index (χ3n) is 8.38. The first-order valence-electron chi connectivity index (χ1n) is 14.5. The van der Waals surface area contributed by atoms with Gasteiger partial charge in [-0.15, -0.1) is 0 Å². The van der Waals surface area contributed by atoms with E-state index in [9.17, 15) is 26.8 Å². The Morgan fingerprint density at radius 1 is 0.913 bits per heavy atom. The standard InChI is InChI=1S/C30H33F2N9O4S/c1-17-11-25(36-35-17)29(43)33-24-15-20(40-9-7-39(4)8-10-40)5-6-22(24)28(42)34-27-23-16-41(30(2,3)26(23)37-38-27)46(44,45)21-13-18(31)12-19(32)14-21/h5-6,11-15H,7-10,16H2,1-4H3,(H,33,43)(H,35,36)(H2,34,37,38,42). The van der Waals surface area contributed by atoms with Gasteiger partial charge in [-0.1, -0.05) is 0 Å². The molecule has 2 aromatic heterocycles. The molecule has 1 saturated heterocycles. The molecular formula is C30H33F2N9O4S. The van der Waals surface area contributed by atoms with Crippen molar-refractivity contribution < 1.29 is 26.8 Å². The van der Waals surface area contributed by atoms with Crippen LogP contribution in [0, 0.1) is 18.6 Å². The number of hydrogen-bond acceptors (Lipinski definition) is 8. The molecule has 0 radical (unpaired) electrons. The summed E-state index contributed by atoms with van der Waals surface area (Å²) >= 11 is 0. The van der Waals surface area contributed by atoms with E-state index < -0.39 is 43.9 Å². The number of aryl methyl sites for hydroxylation is 1. The van der Waals surface area contributed by atoms with E-state index in [1.807, 2.05) is 7.05 Å². The third kappa shape index (κ3) is 5.74. The van der Waals surface area contributed by atoms with E-state index in [1.54, 1.807) is 45.0 Å². The van der Waals surface area contributed by atoms with Crippen molar-refractivity contribution in [3.05, 3.63) is 82.3 Å². The largest absolute Gasteiger partial charge is 0.369 e. The van der Waals surface area contributed by atoms with Gasteiger partial charge < -0.3 is 20.4 Å². The van der Waals surface area contributed by atoms with Crippen LogP contribution < -0.4 is 15.5 Å². The summed E-state index contributed by atoms with van der Waals surface area (Å²) in [6, 6.07) is 8.86. The molecule has 13 nitrogen and oxygen atoms in total. The first-order valence-corrected chi connectivity index (χ1v) is 16.0. The van der Waals surface area contributed by atoms with E-state index in [1.165, 1.54) is 0 Å². The number of aromatic amines is 2. The number of piperazine rings is 1. The van der Waals surface area contributed by atoms with Gasteiger partial charge >= 0.3 is 0 Å². The lowest BCUT2D eigenvalue weighted by atomic mass is 10.0. The number of benzene rings is 2. The van der Waals surface area contributed by atoms with Crippen LogP contribution in [-0.4, -0.2) is 83.1 Å². The Hall–Kier alpha value is -4.67. The number of nitrogens with zero attached hydrogens (tertiary/aromatic N) is 5. The van der Waals surface area contributed by atoms with Crippen molar-refractivity contribution in [3.63, 3.8) is 0 Å². The van der Waals surface area contributed by atoms with Crippen molar-refractivity contribution in [3.8, 4) is 0 Å². The van der Waals surface area contributed by atoms with Gasteiger partial charge in [-0.25, -0.2) is 17.2 Å². The molecule has 4 aromatic rings. The third-order valence-corrected chi connectivity index (χ3v) is 10.4. The lowest BCUT2D eigenvalue weighted by Gasteiger charge is -2.34. The van der Waals surface area contributed by atoms with Gasteiger partial charge in [0.05, 0.1) is 33.1 Å². The van der Waals surface area contributed by atoms with Gasteiger partial charge in [0.25, 0.3) is 11.8 Å². The molecule has 2 aliphatic rings. The fourth-order valence-electron chi connectivity index (χ4n) is 5.78. The van der Waals surface area contributed by atoms with E-state index >= 15 is 0 Å². The number of amides is 2. The second-order valence-electron chi connectivity index (χ2n) is 12.0. The molecule has 4 heterocycles. The van der Waals surface area contributed by atoms with Crippen LogP contribution in [0.1, 0.15) is 51.6 Å². The van der Waals surface area contributed by atoms with Crippen LogP contribution in [0.4, 0.5) is 26.0 Å². The van der Waals surface area contributed by atoms with E-state index in [0.717, 1.165) is 48.3 Å². The molecule has 0 unspecified atom stereocenters. The molecule has 242 valence electrons. The zero-order valence-electron chi connectivity index (χ0n) is 25.6. The first kappa shape index (κ1) is 31.3. The summed E-state index contributed by atoms with van der Waals surface area (Å²) in [5, 5.41) is 19.3. The molecular weight excluding hydrogens is 620 g/mol. The fourth-order valence-corrected chi connectivity index (χ4v) is 7.55. The lowest BCUT2D eigenvalue weighted by Crippen LogP contribution is -2.44. The number of halogens is 2. The molecule has 6 rings (SSSR count). The SMILES string of the molecule is Cc1cc(C(=O)Nc2cc(N3CCN(C)CC3)ccc2C(=O)Nc2n[nH]c3c2CN(S(=O)(=O)c2cc(F)cc(F)c2)C3(C)C)[nH]n1. The topological polar surface area (TPSA) is 159 Å². The Kier molecular flexibility index (Phi) is 7.90. The summed E-state index contributed by atoms with van der Waals surface area (Å²) in [5.41, 5.74) is 1.70. The average Bonchev–Trinajstić information content (AvgIpc) is 3.68. The Labute approximate surface area is 264 Å². The highest BCUT2D eigenvalue weighted by molar-refractivity contribution is 7.89. The molecule has 16 heteroatoms. The average molecular weight is 654 g/mol. The minimum atomic E-state index is -4.36. The van der Waals surface area contributed by atoms with Crippen molar-refractivity contribution >= 4 is 39.0 Å². The van der Waals surface area contributed by atoms with Crippen LogP contribution in [-0.2, 0) is 22.1 Å². The number of fused-ring (bicyclic) bond motifs is 1. The molecule has 2 amide bonds. The van der Waals surface area contributed by atoms with Gasteiger partial charge in [-0.05, 0) is 64.2 Å². The zero-order chi connectivity index (χ0) is 33.0. The molecule has 0 spiro atoms. The van der Waals surface area contributed by atoms with E-state index in [-0.39, 0.29) is 29.3 Å². The lowest BCUT2D eigenvalue weighted by molar-refractivity contribution is 0.102. The second-order valence-corrected chi connectivity index (χ2v) is 13.8. The highest BCUT2D eigenvalue weighted by atomic mass is 32.2. The Balaban J connectivity index is 1.29. The van der Waals surface area contributed by atoms with Gasteiger partial charge in [0.1, 0.15) is 17.3 Å². The van der Waals surface area contributed by atoms with Crippen LogP contribution in [0.25, 0.3) is 0 Å². The molecule has 4 N–H and O–H groups in total. The number of carbonyl (C=O) groups is 2. The number of aromatic nitrogens is 4. The molecule has 0 atom stereocenters. The van der Waals surface area contributed by atoms with Crippen LogP contribution in [0.15, 0.2) is 47.4 Å². The number of likely N-dealkylation sites (N-methyl/N-ethyl adjacent to an activating group) is 1. The predicted molar refractivity (Wildman–Crippen MR) is 166 cm³/mol. The van der Waals surface area contributed by atoms with Crippen LogP contribution in [0.5, 0.6) is 0 Å². The summed E-state index contributed by atoms with van der Waals surface area (Å²) in [6.45, 7) is 8.03. The van der Waals surface area contributed by atoms with Crippen LogP contribution in [0.3, 0.4) is 0 Å². The fraction of sp³-hybridized carbons (Fsp3) is 0.333. The van der Waals surface area contributed by atoms with Crippen molar-refractivity contribution in [2.24, 2.45) is 0 Å². The highest BCUT2D eigenvalue weighted by Gasteiger charge is 2.48. The molecule has 0 bridgehead atoms. The summed E-state index contributed by atoms with van der Waals surface area (Å²) < 4.78 is 56.1. The molecule has 0 aliphatic carbocycles. The molecule has 46 heavy (non-hydrogen) atoms. The van der Waals surface area contributed by atoms with E-state index in [2.05, 4.69) is 40.8 Å². The van der Waals surface area contributed by atoms with E-state index in [0.29, 0.717) is 23.0 Å². The number of rotatable bonds is 7. The van der Waals surface area contributed by atoms with Gasteiger partial charge in [0, 0.05) is 50.0 Å². The first-order chi connectivity index (χ1) is 21.7. The Bertz CT molecular complexity index is 1930. The summed E-state index contributed by atoms with van der Waals surface area (Å²) in [6.07, 6.45) is 0. The molecule has 0 saturated carbocycles. The minimum absolute atomic E-state index is 0.0841. The zero-order valence-corrected chi connectivity index (χ0v) is 26.4. The van der Waals surface area contributed by atoms with Crippen molar-refractivity contribution in [1.82, 2.24) is 29.6 Å². The number of carbonyl (C=O) groups excluding carboxylic acids is 2. The van der Waals surface area contributed by atoms with Gasteiger partial charge in [0.15, 0.2) is 5.82 Å². The smallest absolute Gasteiger partial charge is 0.273 e. The van der Waals surface area contributed by atoms with Crippen LogP contribution >= 0.6 is 0 Å². The quantitative estimate of drug-likeness (QED) is 0.236. The molecule has 1 fully saturated rings. The second kappa shape index (κ2) is 11.6. The maximum atomic E-state index is 13.9. The van der Waals surface area contributed by atoms with Crippen molar-refractivity contribution in [2.45, 2.75) is 37.8 Å². The number of nitrogens with one attached hydrogen (secondary N) is 4. The molecule has 2 aromatic carbocycles. The summed E-state index contributed by atoms with van der Waals surface area (Å²) in [7, 11) is -2.31. The normalized spacial score (nSPS) is 16.8. The summed E-state index contributed by atoms with van der Waals surface area (Å²) in [4.78, 5) is 30.7. The van der Waals surface area contributed by atoms with Gasteiger partial charge in [-0.2, -0.15) is 14.5 Å². The van der Waals surface area contributed by atoms with E-state index in [4.69, 9.17) is 0 Å². The van der Waals surface area contributed by atoms with Crippen LogP contribution in [0.2, 0.25) is 0 Å². The maximum absolute atomic E-state index is 13.9. The Morgan fingerprint density at radius 3 is 2.26 bits per heavy atom. The van der Waals surface area contributed by atoms with Crippen molar-refractivity contribution in [1.29, 1.82) is 0 Å². The molecule has 2 aliphatic heterocycles. The van der Waals surface area contributed by atoms with Crippen molar-refractivity contribution in [2.75, 3.05) is 48.8 Å². The predicted octanol–water partition coefficient (Wildman–Crippen LogP) is 3.42. The Morgan fingerprint density at radius 2 is 1.61 bits per heavy atom. The number of hydrogen-bond donors (Lipinski definition) is 4. The minimum Gasteiger partial charge on any atom is -0.369 e. The highest BCUT2D eigenvalue weighted by Crippen LogP contribution is 2.44.